The van der Waals surface area contributed by atoms with Gasteiger partial charge in [-0.05, 0) is 19.1 Å². The van der Waals surface area contributed by atoms with E-state index in [1.165, 1.54) is 0 Å². The van der Waals surface area contributed by atoms with Crippen molar-refractivity contribution in [2.24, 2.45) is 9.98 Å². The minimum Gasteiger partial charge on any atom is -0.398 e. The van der Waals surface area contributed by atoms with Gasteiger partial charge in [0.05, 0.1) is 12.6 Å². The minimum atomic E-state index is 0.0887. The van der Waals surface area contributed by atoms with Crippen LogP contribution in [0.1, 0.15) is 18.1 Å². The van der Waals surface area contributed by atoms with Crippen LogP contribution in [0.3, 0.4) is 0 Å². The molecule has 0 radical (unpaired) electrons. The number of benzene rings is 2. The van der Waals surface area contributed by atoms with Crippen LogP contribution in [-0.4, -0.2) is 25.0 Å². The lowest BCUT2D eigenvalue weighted by molar-refractivity contribution is 0.761. The lowest BCUT2D eigenvalue weighted by Crippen LogP contribution is -2.05. The third-order valence-electron chi connectivity index (χ3n) is 3.06. The smallest absolute Gasteiger partial charge is 0.0666 e. The summed E-state index contributed by atoms with van der Waals surface area (Å²) < 4.78 is 0. The zero-order chi connectivity index (χ0) is 15.1. The van der Waals surface area contributed by atoms with E-state index < -0.39 is 0 Å². The molecule has 4 N–H and O–H groups in total. The molecular formula is C17H20N4. The molecule has 21 heavy (non-hydrogen) atoms. The number of hydrogen-bond donors (Lipinski definition) is 2. The molecule has 2 aromatic carbocycles. The zero-order valence-corrected chi connectivity index (χ0v) is 12.1. The quantitative estimate of drug-likeness (QED) is 0.652. The van der Waals surface area contributed by atoms with Crippen molar-refractivity contribution in [3.8, 4) is 0 Å². The van der Waals surface area contributed by atoms with E-state index in [-0.39, 0.29) is 6.04 Å². The average Bonchev–Trinajstić information content (AvgIpc) is 2.48. The van der Waals surface area contributed by atoms with E-state index in [1.54, 1.807) is 12.4 Å². The maximum atomic E-state index is 5.86. The standard InChI is InChI=1S/C17H20N4/c1-13(21-12-15-7-3-5-9-17(15)19)10-20-11-14-6-2-4-8-16(14)18/h2-9,11-13H,10,18-19H2,1H3. The van der Waals surface area contributed by atoms with Gasteiger partial charge in [0.2, 0.25) is 0 Å². The van der Waals surface area contributed by atoms with Crippen LogP contribution < -0.4 is 11.5 Å². The van der Waals surface area contributed by atoms with Gasteiger partial charge in [0.1, 0.15) is 0 Å². The van der Waals surface area contributed by atoms with E-state index in [1.807, 2.05) is 55.5 Å². The van der Waals surface area contributed by atoms with E-state index in [0.29, 0.717) is 6.54 Å². The van der Waals surface area contributed by atoms with Gasteiger partial charge in [-0.1, -0.05) is 36.4 Å². The van der Waals surface area contributed by atoms with Crippen LogP contribution in [0.4, 0.5) is 11.4 Å². The summed E-state index contributed by atoms with van der Waals surface area (Å²) in [5.74, 6) is 0. The molecule has 4 heteroatoms. The Bertz CT molecular complexity index is 647. The van der Waals surface area contributed by atoms with Crippen LogP contribution in [0.5, 0.6) is 0 Å². The second-order valence-electron chi connectivity index (χ2n) is 4.88. The summed E-state index contributed by atoms with van der Waals surface area (Å²) in [4.78, 5) is 8.85. The number of nitrogen functional groups attached to an aromatic ring is 2. The van der Waals surface area contributed by atoms with E-state index in [4.69, 9.17) is 11.5 Å². The van der Waals surface area contributed by atoms with Crippen molar-refractivity contribution in [2.75, 3.05) is 18.0 Å². The number of para-hydroxylation sites is 2. The van der Waals surface area contributed by atoms with Crippen molar-refractivity contribution >= 4 is 23.8 Å². The predicted octanol–water partition coefficient (Wildman–Crippen LogP) is 2.78. The van der Waals surface area contributed by atoms with Crippen molar-refractivity contribution in [2.45, 2.75) is 13.0 Å². The summed E-state index contributed by atoms with van der Waals surface area (Å²) in [5, 5.41) is 0. The molecule has 2 aromatic rings. The highest BCUT2D eigenvalue weighted by molar-refractivity contribution is 5.87. The number of anilines is 2. The maximum absolute atomic E-state index is 5.86. The fourth-order valence-corrected chi connectivity index (χ4v) is 1.82. The van der Waals surface area contributed by atoms with Crippen molar-refractivity contribution in [3.63, 3.8) is 0 Å². The molecule has 0 aliphatic heterocycles. The Balaban J connectivity index is 1.92. The molecule has 0 aromatic heterocycles. The van der Waals surface area contributed by atoms with Gasteiger partial charge >= 0.3 is 0 Å². The number of aliphatic imine (C=N–C) groups is 2. The molecule has 0 saturated carbocycles. The second kappa shape index (κ2) is 7.24. The average molecular weight is 280 g/mol. The van der Waals surface area contributed by atoms with E-state index in [2.05, 4.69) is 9.98 Å². The molecule has 0 amide bonds. The van der Waals surface area contributed by atoms with Crippen molar-refractivity contribution < 1.29 is 0 Å². The molecule has 0 spiro atoms. The van der Waals surface area contributed by atoms with Gasteiger partial charge in [-0.2, -0.15) is 0 Å². The number of hydrogen-bond acceptors (Lipinski definition) is 4. The predicted molar refractivity (Wildman–Crippen MR) is 91.2 cm³/mol. The number of rotatable bonds is 5. The molecule has 1 unspecified atom stereocenters. The van der Waals surface area contributed by atoms with Gasteiger partial charge < -0.3 is 11.5 Å². The van der Waals surface area contributed by atoms with Crippen LogP contribution in [0.25, 0.3) is 0 Å². The Morgan fingerprint density at radius 3 is 2.00 bits per heavy atom. The Morgan fingerprint density at radius 1 is 0.905 bits per heavy atom. The topological polar surface area (TPSA) is 76.8 Å². The lowest BCUT2D eigenvalue weighted by atomic mass is 10.2. The first-order valence-electron chi connectivity index (χ1n) is 6.89. The molecule has 1 atom stereocenters. The summed E-state index contributed by atoms with van der Waals surface area (Å²) in [6, 6.07) is 15.4. The third-order valence-corrected chi connectivity index (χ3v) is 3.06. The van der Waals surface area contributed by atoms with Gasteiger partial charge in [-0.25, -0.2) is 0 Å². The summed E-state index contributed by atoms with van der Waals surface area (Å²) in [6.45, 7) is 2.62. The molecule has 0 bridgehead atoms. The van der Waals surface area contributed by atoms with Crippen molar-refractivity contribution in [3.05, 3.63) is 59.7 Å². The molecule has 0 saturated heterocycles. The Kier molecular flexibility index (Phi) is 5.10. The second-order valence-corrected chi connectivity index (χ2v) is 4.88. The highest BCUT2D eigenvalue weighted by atomic mass is 14.8. The van der Waals surface area contributed by atoms with E-state index in [9.17, 15) is 0 Å². The van der Waals surface area contributed by atoms with Gasteiger partial charge in [0.25, 0.3) is 0 Å². The maximum Gasteiger partial charge on any atom is 0.0666 e. The first kappa shape index (κ1) is 14.8. The summed E-state index contributed by atoms with van der Waals surface area (Å²) in [6.07, 6.45) is 3.59. The Hall–Kier alpha value is -2.62. The SMILES string of the molecule is CC(CN=Cc1ccccc1N)N=Cc1ccccc1N. The Morgan fingerprint density at radius 2 is 1.43 bits per heavy atom. The molecule has 0 aliphatic rings. The van der Waals surface area contributed by atoms with E-state index in [0.717, 1.165) is 22.5 Å². The molecule has 2 rings (SSSR count). The number of nitrogens with zero attached hydrogens (tertiary/aromatic N) is 2. The summed E-state index contributed by atoms with van der Waals surface area (Å²) in [5.41, 5.74) is 15.0. The monoisotopic (exact) mass is 280 g/mol. The van der Waals surface area contributed by atoms with Gasteiger partial charge in [-0.15, -0.1) is 0 Å². The van der Waals surface area contributed by atoms with Crippen LogP contribution >= 0.6 is 0 Å². The highest BCUT2D eigenvalue weighted by Crippen LogP contribution is 2.09. The Labute approximate surface area is 125 Å². The fourth-order valence-electron chi connectivity index (χ4n) is 1.82. The first-order chi connectivity index (χ1) is 10.2. The highest BCUT2D eigenvalue weighted by Gasteiger charge is 1.98. The van der Waals surface area contributed by atoms with Crippen LogP contribution in [0.15, 0.2) is 58.5 Å². The van der Waals surface area contributed by atoms with Crippen molar-refractivity contribution in [1.29, 1.82) is 0 Å². The van der Waals surface area contributed by atoms with E-state index >= 15 is 0 Å². The molecule has 4 nitrogen and oxygen atoms in total. The van der Waals surface area contributed by atoms with Gasteiger partial charge in [0.15, 0.2) is 0 Å². The fraction of sp³-hybridized carbons (Fsp3) is 0.176. The minimum absolute atomic E-state index is 0.0887. The molecule has 0 fully saturated rings. The molecule has 0 aliphatic carbocycles. The van der Waals surface area contributed by atoms with Crippen LogP contribution in [0, 0.1) is 0 Å². The molecule has 108 valence electrons. The van der Waals surface area contributed by atoms with Gasteiger partial charge in [-0.3, -0.25) is 9.98 Å². The van der Waals surface area contributed by atoms with Crippen molar-refractivity contribution in [1.82, 2.24) is 0 Å². The summed E-state index contributed by atoms with van der Waals surface area (Å²) >= 11 is 0. The largest absolute Gasteiger partial charge is 0.398 e. The summed E-state index contributed by atoms with van der Waals surface area (Å²) in [7, 11) is 0. The lowest BCUT2D eigenvalue weighted by Gasteiger charge is -2.03. The normalized spacial score (nSPS) is 13.0. The first-order valence-corrected chi connectivity index (χ1v) is 6.89. The van der Waals surface area contributed by atoms with Crippen LogP contribution in [-0.2, 0) is 0 Å². The molecule has 0 heterocycles. The number of nitrogens with two attached hydrogens (primary N) is 2. The third kappa shape index (κ3) is 4.45. The van der Waals surface area contributed by atoms with Crippen LogP contribution in [0.2, 0.25) is 0 Å². The van der Waals surface area contributed by atoms with Gasteiger partial charge in [0, 0.05) is 34.9 Å². The zero-order valence-electron chi connectivity index (χ0n) is 12.1. The molecular weight excluding hydrogens is 260 g/mol.